The molecule has 0 saturated heterocycles. The second kappa shape index (κ2) is 19.8. The van der Waals surface area contributed by atoms with E-state index in [4.69, 9.17) is 14.6 Å². The van der Waals surface area contributed by atoms with Crippen molar-refractivity contribution in [2.45, 2.75) is 70.4 Å². The summed E-state index contributed by atoms with van der Waals surface area (Å²) in [5.41, 5.74) is 6.28. The number of thiophene rings is 1. The number of nitrogens with zero attached hydrogens (tertiary/aromatic N) is 2. The molecule has 11 nitrogen and oxygen atoms in total. The number of likely N-dealkylation sites (N-methyl/N-ethyl adjacent to an activating group) is 1. The topological polar surface area (TPSA) is 138 Å². The number of amides is 3. The van der Waals surface area contributed by atoms with Gasteiger partial charge in [-0.3, -0.25) is 19.3 Å². The minimum Gasteiger partial charge on any atom is -0.478 e. The molecule has 3 N–H and O–H groups in total. The van der Waals surface area contributed by atoms with Crippen molar-refractivity contribution in [3.8, 4) is 0 Å². The highest BCUT2D eigenvalue weighted by Crippen LogP contribution is 2.39. The van der Waals surface area contributed by atoms with Crippen molar-refractivity contribution in [2.24, 2.45) is 0 Å². The van der Waals surface area contributed by atoms with Gasteiger partial charge >= 0.3 is 5.97 Å². The minimum atomic E-state index is -0.937. The fourth-order valence-corrected chi connectivity index (χ4v) is 8.33. The second-order valence-electron chi connectivity index (χ2n) is 14.6. The van der Waals surface area contributed by atoms with Crippen LogP contribution in [0.5, 0.6) is 0 Å². The van der Waals surface area contributed by atoms with Gasteiger partial charge in [-0.05, 0) is 116 Å². The van der Waals surface area contributed by atoms with E-state index in [-0.39, 0.29) is 29.9 Å². The highest BCUT2D eigenvalue weighted by Gasteiger charge is 2.30. The van der Waals surface area contributed by atoms with Gasteiger partial charge in [-0.15, -0.1) is 11.3 Å². The van der Waals surface area contributed by atoms with Crippen molar-refractivity contribution in [2.75, 3.05) is 57.7 Å². The van der Waals surface area contributed by atoms with Crippen LogP contribution < -0.4 is 10.6 Å². The number of hydrogen-bond acceptors (Lipinski definition) is 8. The van der Waals surface area contributed by atoms with Crippen LogP contribution in [0.4, 0.5) is 10.7 Å². The van der Waals surface area contributed by atoms with Crippen LogP contribution in [0, 0.1) is 0 Å². The number of fused-ring (bicyclic) bond motifs is 1. The maximum absolute atomic E-state index is 13.9. The Bertz CT molecular complexity index is 1970. The van der Waals surface area contributed by atoms with Gasteiger partial charge in [-0.1, -0.05) is 36.4 Å². The van der Waals surface area contributed by atoms with Crippen molar-refractivity contribution in [1.82, 2.24) is 9.80 Å². The van der Waals surface area contributed by atoms with Gasteiger partial charge in [0.1, 0.15) is 11.6 Å². The van der Waals surface area contributed by atoms with Gasteiger partial charge in [0.05, 0.1) is 24.3 Å². The van der Waals surface area contributed by atoms with Crippen molar-refractivity contribution < 1.29 is 33.8 Å². The molecular formula is C44H52N4O7S. The highest BCUT2D eigenvalue weighted by atomic mass is 32.1. The summed E-state index contributed by atoms with van der Waals surface area (Å²) in [5.74, 6) is -1.46. The molecule has 2 aliphatic carbocycles. The van der Waals surface area contributed by atoms with Crippen LogP contribution >= 0.6 is 11.3 Å². The number of methoxy groups -OCH3 is 1. The summed E-state index contributed by atoms with van der Waals surface area (Å²) in [6.45, 7) is 3.09. The summed E-state index contributed by atoms with van der Waals surface area (Å²) in [6.07, 6.45) is 8.43. The molecule has 3 amide bonds. The minimum absolute atomic E-state index is 0.0453. The van der Waals surface area contributed by atoms with Gasteiger partial charge in [-0.25, -0.2) is 4.79 Å². The third-order valence-corrected chi connectivity index (χ3v) is 11.6. The number of carboxylic acid groups (broad SMARTS) is 1. The molecule has 0 bridgehead atoms. The molecule has 6 rings (SSSR count). The van der Waals surface area contributed by atoms with E-state index in [2.05, 4.69) is 15.5 Å². The molecule has 0 unspecified atom stereocenters. The van der Waals surface area contributed by atoms with Crippen molar-refractivity contribution >= 4 is 45.7 Å². The lowest BCUT2D eigenvalue weighted by Gasteiger charge is -2.24. The number of anilines is 2. The van der Waals surface area contributed by atoms with E-state index in [9.17, 15) is 19.2 Å². The monoisotopic (exact) mass is 780 g/mol. The first-order valence-corrected chi connectivity index (χ1v) is 20.3. The number of ether oxygens (including phenoxy) is 2. The van der Waals surface area contributed by atoms with Crippen molar-refractivity contribution in [3.05, 3.63) is 117 Å². The van der Waals surface area contributed by atoms with Crippen LogP contribution in [0.1, 0.15) is 90.3 Å². The Labute approximate surface area is 333 Å². The molecule has 4 aromatic rings. The first-order chi connectivity index (χ1) is 27.2. The Morgan fingerprint density at radius 1 is 0.821 bits per heavy atom. The third kappa shape index (κ3) is 11.3. The van der Waals surface area contributed by atoms with Gasteiger partial charge in [-0.2, -0.15) is 0 Å². The lowest BCUT2D eigenvalue weighted by molar-refractivity contribution is -0.135. The van der Waals surface area contributed by atoms with Crippen LogP contribution in [0.15, 0.2) is 72.8 Å². The Hall–Kier alpha value is -4.88. The number of hydrogen-bond donors (Lipinski definition) is 3. The van der Waals surface area contributed by atoms with E-state index in [1.807, 2.05) is 60.7 Å². The SMILES string of the molecule is COCCOCC(=O)N(C)CCCN(Cc1cccc(C(=O)Nc2sc3c(c2C(=O)Nc2ccc(CCc4ccc(C(=O)O)cc4)cc2)CCCC3)c1)C1CC1. The molecule has 0 atom stereocenters. The number of carbonyl (C=O) groups excluding carboxylic acids is 3. The molecule has 1 aromatic heterocycles. The van der Waals surface area contributed by atoms with E-state index in [1.54, 1.807) is 31.2 Å². The van der Waals surface area contributed by atoms with E-state index < -0.39 is 5.97 Å². The predicted octanol–water partition coefficient (Wildman–Crippen LogP) is 7.09. The van der Waals surface area contributed by atoms with Crippen molar-refractivity contribution in [3.63, 3.8) is 0 Å². The third-order valence-electron chi connectivity index (χ3n) is 10.4. The molecule has 12 heteroatoms. The van der Waals surface area contributed by atoms with Crippen LogP contribution in [0.3, 0.4) is 0 Å². The van der Waals surface area contributed by atoms with Crippen LogP contribution in [-0.4, -0.2) is 91.7 Å². The van der Waals surface area contributed by atoms with Crippen LogP contribution in [0.25, 0.3) is 0 Å². The number of nitrogens with one attached hydrogen (secondary N) is 2. The molecule has 2 aliphatic rings. The normalized spacial score (nSPS) is 13.6. The predicted molar refractivity (Wildman–Crippen MR) is 219 cm³/mol. The first-order valence-electron chi connectivity index (χ1n) is 19.5. The summed E-state index contributed by atoms with van der Waals surface area (Å²) in [4.78, 5) is 56.6. The van der Waals surface area contributed by atoms with Gasteiger partial charge in [0.2, 0.25) is 5.91 Å². The largest absolute Gasteiger partial charge is 0.478 e. The second-order valence-corrected chi connectivity index (χ2v) is 15.7. The molecule has 0 spiro atoms. The molecule has 0 radical (unpaired) electrons. The van der Waals surface area contributed by atoms with Gasteiger partial charge in [0.15, 0.2) is 0 Å². The number of carbonyl (C=O) groups is 4. The van der Waals surface area contributed by atoms with Gasteiger partial charge in [0, 0.05) is 56.0 Å². The van der Waals surface area contributed by atoms with E-state index in [0.717, 1.165) is 91.5 Å². The molecule has 296 valence electrons. The molecule has 56 heavy (non-hydrogen) atoms. The zero-order valence-electron chi connectivity index (χ0n) is 32.3. The van der Waals surface area contributed by atoms with Crippen molar-refractivity contribution in [1.29, 1.82) is 0 Å². The lowest BCUT2D eigenvalue weighted by Crippen LogP contribution is -2.34. The number of carboxylic acids is 1. The van der Waals surface area contributed by atoms with Gasteiger partial charge < -0.3 is 30.1 Å². The Morgan fingerprint density at radius 2 is 1.54 bits per heavy atom. The number of aromatic carboxylic acids is 1. The maximum Gasteiger partial charge on any atom is 0.335 e. The summed E-state index contributed by atoms with van der Waals surface area (Å²) in [7, 11) is 3.41. The Kier molecular flexibility index (Phi) is 14.4. The summed E-state index contributed by atoms with van der Waals surface area (Å²) < 4.78 is 10.4. The highest BCUT2D eigenvalue weighted by molar-refractivity contribution is 7.17. The number of benzene rings is 3. The molecule has 1 heterocycles. The molecular weight excluding hydrogens is 729 g/mol. The van der Waals surface area contributed by atoms with E-state index in [1.165, 1.54) is 11.3 Å². The van der Waals surface area contributed by atoms with E-state index in [0.29, 0.717) is 54.2 Å². The summed E-state index contributed by atoms with van der Waals surface area (Å²) in [6, 6.07) is 22.9. The molecule has 3 aromatic carbocycles. The Balaban J connectivity index is 1.05. The quantitative estimate of drug-likeness (QED) is 0.0809. The fourth-order valence-electron chi connectivity index (χ4n) is 7.04. The van der Waals surface area contributed by atoms with Gasteiger partial charge in [0.25, 0.3) is 11.8 Å². The smallest absolute Gasteiger partial charge is 0.335 e. The Morgan fingerprint density at radius 3 is 2.23 bits per heavy atom. The molecule has 0 aliphatic heterocycles. The summed E-state index contributed by atoms with van der Waals surface area (Å²) in [5, 5.41) is 15.9. The summed E-state index contributed by atoms with van der Waals surface area (Å²) >= 11 is 1.50. The molecule has 1 fully saturated rings. The van der Waals surface area contributed by atoms with E-state index >= 15 is 0 Å². The number of rotatable bonds is 20. The zero-order chi connectivity index (χ0) is 39.4. The lowest BCUT2D eigenvalue weighted by atomic mass is 9.95. The standard InChI is InChI=1S/C44H52N4O7S/c1-47(39(49)29-55-26-25-54-2)23-6-24-48(36-21-22-36)28-32-7-5-8-34(27-32)41(50)46-43-40(37-9-3-4-10-38(37)56-43)42(51)45-35-19-15-31(16-20-35)12-11-30-13-17-33(18-14-30)44(52)53/h5,7-8,13-20,27,36H,3-4,6,9-12,21-26,28-29H2,1-2H3,(H,45,51)(H,46,50)(H,52,53). The maximum atomic E-state index is 13.9. The average Bonchev–Trinajstić information content (AvgIpc) is 3.99. The van der Waals surface area contributed by atoms with Crippen LogP contribution in [-0.2, 0) is 46.5 Å². The number of aryl methyl sites for hydroxylation is 3. The zero-order valence-corrected chi connectivity index (χ0v) is 33.1. The van der Waals surface area contributed by atoms with Crippen LogP contribution in [0.2, 0.25) is 0 Å². The first kappa shape index (κ1) is 40.8. The molecule has 1 saturated carbocycles. The average molecular weight is 781 g/mol. The fraction of sp³-hybridized carbons (Fsp3) is 0.409.